The van der Waals surface area contributed by atoms with E-state index in [0.29, 0.717) is 0 Å². The maximum atomic E-state index is 5.13. The summed E-state index contributed by atoms with van der Waals surface area (Å²) in [6.07, 6.45) is 1.66. The van der Waals surface area contributed by atoms with Gasteiger partial charge >= 0.3 is 0 Å². The average Bonchev–Trinajstić information content (AvgIpc) is 2.38. The number of hydrogen-bond acceptors (Lipinski definition) is 2. The highest BCUT2D eigenvalue weighted by Gasteiger charge is 2.14. The van der Waals surface area contributed by atoms with Crippen molar-refractivity contribution in [3.8, 4) is 0 Å². The molecule has 0 fully saturated rings. The van der Waals surface area contributed by atoms with E-state index in [-0.39, 0.29) is 6.04 Å². The molecule has 3 heteroatoms. The first-order valence-corrected chi connectivity index (χ1v) is 4.51. The predicted molar refractivity (Wildman–Crippen MR) is 53.0 cm³/mol. The highest BCUT2D eigenvalue weighted by atomic mass is 79.9. The summed E-state index contributed by atoms with van der Waals surface area (Å²) in [5.74, 6) is 0. The lowest BCUT2D eigenvalue weighted by Crippen LogP contribution is -2.16. The lowest BCUT2D eigenvalue weighted by Gasteiger charge is -2.14. The van der Waals surface area contributed by atoms with Crippen LogP contribution in [0.3, 0.4) is 0 Å². The van der Waals surface area contributed by atoms with Crippen LogP contribution in [0.1, 0.15) is 18.5 Å². The summed E-state index contributed by atoms with van der Waals surface area (Å²) in [7, 11) is 1.90. The standard InChI is InChI=1S/C9H12BrNO/c1-6(2)8(11-3)7-4-5-12-9(7)10/h4-5,8,11H,1H2,2-3H3. The summed E-state index contributed by atoms with van der Waals surface area (Å²) in [6, 6.07) is 2.10. The quantitative estimate of drug-likeness (QED) is 0.807. The highest BCUT2D eigenvalue weighted by Crippen LogP contribution is 2.27. The summed E-state index contributed by atoms with van der Waals surface area (Å²) in [4.78, 5) is 0. The minimum atomic E-state index is 0.165. The van der Waals surface area contributed by atoms with Crippen molar-refractivity contribution in [2.24, 2.45) is 0 Å². The Morgan fingerprint density at radius 3 is 2.75 bits per heavy atom. The molecule has 0 aromatic carbocycles. The Bertz CT molecular complexity index is 280. The van der Waals surface area contributed by atoms with E-state index >= 15 is 0 Å². The van der Waals surface area contributed by atoms with Gasteiger partial charge in [-0.2, -0.15) is 0 Å². The molecular formula is C9H12BrNO. The van der Waals surface area contributed by atoms with Crippen LogP contribution in [0.2, 0.25) is 0 Å². The molecule has 0 radical (unpaired) electrons. The molecule has 1 unspecified atom stereocenters. The van der Waals surface area contributed by atoms with Gasteiger partial charge in [-0.05, 0) is 36.0 Å². The molecule has 0 saturated carbocycles. The molecule has 0 saturated heterocycles. The fourth-order valence-corrected chi connectivity index (χ4v) is 1.65. The van der Waals surface area contributed by atoms with Crippen LogP contribution in [0.25, 0.3) is 0 Å². The van der Waals surface area contributed by atoms with Gasteiger partial charge in [0.1, 0.15) is 0 Å². The average molecular weight is 230 g/mol. The predicted octanol–water partition coefficient (Wildman–Crippen LogP) is 2.88. The summed E-state index contributed by atoms with van der Waals surface area (Å²) < 4.78 is 5.90. The van der Waals surface area contributed by atoms with Crippen LogP contribution in [-0.4, -0.2) is 7.05 Å². The normalized spacial score (nSPS) is 12.9. The van der Waals surface area contributed by atoms with Crippen LogP contribution >= 0.6 is 15.9 Å². The number of hydrogen-bond donors (Lipinski definition) is 1. The van der Waals surface area contributed by atoms with Gasteiger partial charge in [0.15, 0.2) is 4.67 Å². The minimum absolute atomic E-state index is 0.165. The van der Waals surface area contributed by atoms with Gasteiger partial charge < -0.3 is 9.73 Å². The second-order valence-electron chi connectivity index (χ2n) is 2.72. The molecule has 0 aliphatic carbocycles. The molecule has 1 atom stereocenters. The molecule has 1 rings (SSSR count). The Morgan fingerprint density at radius 1 is 1.75 bits per heavy atom. The van der Waals surface area contributed by atoms with E-state index in [4.69, 9.17) is 4.42 Å². The lowest BCUT2D eigenvalue weighted by atomic mass is 10.1. The van der Waals surface area contributed by atoms with Crippen molar-refractivity contribution in [2.45, 2.75) is 13.0 Å². The Balaban J connectivity index is 2.94. The van der Waals surface area contributed by atoms with Gasteiger partial charge in [-0.15, -0.1) is 0 Å². The molecule has 0 bridgehead atoms. The van der Waals surface area contributed by atoms with Crippen molar-refractivity contribution in [3.63, 3.8) is 0 Å². The van der Waals surface area contributed by atoms with E-state index in [1.54, 1.807) is 6.26 Å². The number of halogens is 1. The van der Waals surface area contributed by atoms with Crippen molar-refractivity contribution < 1.29 is 4.42 Å². The number of likely N-dealkylation sites (N-methyl/N-ethyl adjacent to an activating group) is 1. The first-order valence-electron chi connectivity index (χ1n) is 3.72. The molecule has 0 amide bonds. The molecule has 0 aliphatic rings. The van der Waals surface area contributed by atoms with Crippen LogP contribution in [-0.2, 0) is 0 Å². The van der Waals surface area contributed by atoms with Crippen molar-refractivity contribution in [1.29, 1.82) is 0 Å². The third kappa shape index (κ3) is 1.79. The molecule has 1 heterocycles. The van der Waals surface area contributed by atoms with Gasteiger partial charge in [0.2, 0.25) is 0 Å². The van der Waals surface area contributed by atoms with E-state index in [9.17, 15) is 0 Å². The van der Waals surface area contributed by atoms with Crippen LogP contribution in [0, 0.1) is 0 Å². The van der Waals surface area contributed by atoms with Gasteiger partial charge in [0.05, 0.1) is 12.3 Å². The number of nitrogens with one attached hydrogen (secondary N) is 1. The van der Waals surface area contributed by atoms with E-state index < -0.39 is 0 Å². The van der Waals surface area contributed by atoms with Crippen molar-refractivity contribution in [2.75, 3.05) is 7.05 Å². The van der Waals surface area contributed by atoms with E-state index in [2.05, 4.69) is 27.8 Å². The van der Waals surface area contributed by atoms with Crippen LogP contribution < -0.4 is 5.32 Å². The lowest BCUT2D eigenvalue weighted by molar-refractivity contribution is 0.529. The molecule has 1 aromatic rings. The van der Waals surface area contributed by atoms with Crippen molar-refractivity contribution in [1.82, 2.24) is 5.32 Å². The zero-order chi connectivity index (χ0) is 9.14. The van der Waals surface area contributed by atoms with Crippen molar-refractivity contribution >= 4 is 15.9 Å². The van der Waals surface area contributed by atoms with Crippen LogP contribution in [0.4, 0.5) is 0 Å². The van der Waals surface area contributed by atoms with E-state index in [1.807, 2.05) is 20.0 Å². The molecule has 1 N–H and O–H groups in total. The summed E-state index contributed by atoms with van der Waals surface area (Å²) in [5.41, 5.74) is 2.16. The second-order valence-corrected chi connectivity index (χ2v) is 3.44. The van der Waals surface area contributed by atoms with Gasteiger partial charge in [0, 0.05) is 5.56 Å². The third-order valence-corrected chi connectivity index (χ3v) is 2.38. The zero-order valence-electron chi connectivity index (χ0n) is 7.23. The van der Waals surface area contributed by atoms with Crippen LogP contribution in [0.15, 0.2) is 33.6 Å². The highest BCUT2D eigenvalue weighted by molar-refractivity contribution is 9.10. The number of rotatable bonds is 3. The number of furan rings is 1. The summed E-state index contributed by atoms with van der Waals surface area (Å²) in [6.45, 7) is 5.89. The minimum Gasteiger partial charge on any atom is -0.457 e. The van der Waals surface area contributed by atoms with Crippen LogP contribution in [0.5, 0.6) is 0 Å². The second kappa shape index (κ2) is 3.92. The van der Waals surface area contributed by atoms with Crippen molar-refractivity contribution in [3.05, 3.63) is 34.7 Å². The molecule has 66 valence electrons. The largest absolute Gasteiger partial charge is 0.457 e. The van der Waals surface area contributed by atoms with E-state index in [0.717, 1.165) is 15.8 Å². The SMILES string of the molecule is C=C(C)C(NC)c1ccoc1Br. The zero-order valence-corrected chi connectivity index (χ0v) is 8.81. The van der Waals surface area contributed by atoms with E-state index in [1.165, 1.54) is 0 Å². The Labute approximate surface area is 80.8 Å². The van der Waals surface area contributed by atoms with Gasteiger partial charge in [-0.25, -0.2) is 0 Å². The molecule has 0 spiro atoms. The fraction of sp³-hybridized carbons (Fsp3) is 0.333. The Kier molecular flexibility index (Phi) is 3.12. The van der Waals surface area contributed by atoms with Gasteiger partial charge in [-0.3, -0.25) is 0 Å². The fourth-order valence-electron chi connectivity index (χ4n) is 1.18. The maximum absolute atomic E-state index is 5.13. The summed E-state index contributed by atoms with van der Waals surface area (Å²) >= 11 is 3.33. The first-order chi connectivity index (χ1) is 5.66. The smallest absolute Gasteiger partial charge is 0.174 e. The molecular weight excluding hydrogens is 218 g/mol. The van der Waals surface area contributed by atoms with Gasteiger partial charge in [-0.1, -0.05) is 12.2 Å². The topological polar surface area (TPSA) is 25.2 Å². The molecule has 0 aliphatic heterocycles. The third-order valence-electron chi connectivity index (χ3n) is 1.74. The summed E-state index contributed by atoms with van der Waals surface area (Å²) in [5, 5.41) is 3.16. The molecule has 1 aromatic heterocycles. The monoisotopic (exact) mass is 229 g/mol. The van der Waals surface area contributed by atoms with Gasteiger partial charge in [0.25, 0.3) is 0 Å². The molecule has 12 heavy (non-hydrogen) atoms. The Morgan fingerprint density at radius 2 is 2.42 bits per heavy atom. The maximum Gasteiger partial charge on any atom is 0.174 e. The molecule has 2 nitrogen and oxygen atoms in total. The Hall–Kier alpha value is -0.540. The first kappa shape index (κ1) is 9.55.